The average Bonchev–Trinajstić information content (AvgIpc) is 2.80. The summed E-state index contributed by atoms with van der Waals surface area (Å²) >= 11 is 0. The molecule has 0 N–H and O–H groups in total. The summed E-state index contributed by atoms with van der Waals surface area (Å²) in [5, 5.41) is 0. The van der Waals surface area contributed by atoms with Gasteiger partial charge in [0.25, 0.3) is 10.0 Å². The summed E-state index contributed by atoms with van der Waals surface area (Å²) < 4.78 is 47.3. The standard InChI is InChI=1S/C25H20FNO3S/c26-21-11-17-25(18-12-21)31(28,29)27(19-20-7-3-1-4-8-20)22-13-15-24(16-14-22)30-23-9-5-2-6-10-23/h1-18H,19H2. The van der Waals surface area contributed by atoms with E-state index in [1.807, 2.05) is 60.7 Å². The Kier molecular flexibility index (Phi) is 6.00. The minimum atomic E-state index is -3.91. The summed E-state index contributed by atoms with van der Waals surface area (Å²) in [4.78, 5) is 0.0226. The highest BCUT2D eigenvalue weighted by atomic mass is 32.2. The molecule has 0 amide bonds. The normalized spacial score (nSPS) is 11.1. The summed E-state index contributed by atoms with van der Waals surface area (Å²) in [7, 11) is -3.91. The summed E-state index contributed by atoms with van der Waals surface area (Å²) in [6, 6.07) is 30.3. The molecule has 0 aliphatic heterocycles. The maximum atomic E-state index is 13.4. The molecule has 0 saturated heterocycles. The van der Waals surface area contributed by atoms with E-state index in [-0.39, 0.29) is 11.4 Å². The zero-order valence-corrected chi connectivity index (χ0v) is 17.4. The Morgan fingerprint density at radius 1 is 0.677 bits per heavy atom. The molecule has 0 atom stereocenters. The lowest BCUT2D eigenvalue weighted by Gasteiger charge is -2.25. The van der Waals surface area contributed by atoms with E-state index < -0.39 is 15.8 Å². The van der Waals surface area contributed by atoms with Gasteiger partial charge in [-0.25, -0.2) is 12.8 Å². The Bertz CT molecular complexity index is 1230. The lowest BCUT2D eigenvalue weighted by Crippen LogP contribution is -2.30. The monoisotopic (exact) mass is 433 g/mol. The van der Waals surface area contributed by atoms with Crippen LogP contribution in [-0.4, -0.2) is 8.42 Å². The van der Waals surface area contributed by atoms with Crippen molar-refractivity contribution in [3.8, 4) is 11.5 Å². The number of hydrogen-bond acceptors (Lipinski definition) is 3. The van der Waals surface area contributed by atoms with Gasteiger partial charge in [0.2, 0.25) is 0 Å². The Hall–Kier alpha value is -3.64. The van der Waals surface area contributed by atoms with Crippen LogP contribution >= 0.6 is 0 Å². The molecule has 6 heteroatoms. The van der Waals surface area contributed by atoms with Crippen molar-refractivity contribution in [2.45, 2.75) is 11.4 Å². The number of ether oxygens (including phenoxy) is 1. The molecule has 0 aliphatic rings. The van der Waals surface area contributed by atoms with E-state index in [9.17, 15) is 12.8 Å². The molecule has 0 bridgehead atoms. The van der Waals surface area contributed by atoms with Crippen LogP contribution in [0.2, 0.25) is 0 Å². The van der Waals surface area contributed by atoms with Gasteiger partial charge in [0, 0.05) is 0 Å². The number of benzene rings is 4. The van der Waals surface area contributed by atoms with Crippen LogP contribution in [0.3, 0.4) is 0 Å². The van der Waals surface area contributed by atoms with Crippen molar-refractivity contribution in [3.63, 3.8) is 0 Å². The number of nitrogens with zero attached hydrogens (tertiary/aromatic N) is 1. The predicted molar refractivity (Wildman–Crippen MR) is 119 cm³/mol. The third-order valence-corrected chi connectivity index (χ3v) is 6.46. The molecule has 0 heterocycles. The zero-order valence-electron chi connectivity index (χ0n) is 16.6. The molecule has 0 fully saturated rings. The topological polar surface area (TPSA) is 46.6 Å². The molecule has 0 aliphatic carbocycles. The first-order valence-electron chi connectivity index (χ1n) is 9.67. The second-order valence-electron chi connectivity index (χ2n) is 6.86. The van der Waals surface area contributed by atoms with Crippen LogP contribution in [0.4, 0.5) is 10.1 Å². The van der Waals surface area contributed by atoms with Crippen LogP contribution in [0.5, 0.6) is 11.5 Å². The van der Waals surface area contributed by atoms with Gasteiger partial charge in [-0.15, -0.1) is 0 Å². The van der Waals surface area contributed by atoms with Gasteiger partial charge in [0.05, 0.1) is 17.1 Å². The summed E-state index contributed by atoms with van der Waals surface area (Å²) in [5.74, 6) is 0.792. The molecular formula is C25H20FNO3S. The Morgan fingerprint density at radius 2 is 1.23 bits per heavy atom. The van der Waals surface area contributed by atoms with Crippen LogP contribution in [0.25, 0.3) is 0 Å². The molecule has 31 heavy (non-hydrogen) atoms. The van der Waals surface area contributed by atoms with Crippen molar-refractivity contribution in [3.05, 3.63) is 121 Å². The predicted octanol–water partition coefficient (Wildman–Crippen LogP) is 6.01. The first-order valence-corrected chi connectivity index (χ1v) is 11.1. The molecule has 4 aromatic carbocycles. The SMILES string of the molecule is O=S(=O)(c1ccc(F)cc1)N(Cc1ccccc1)c1ccc(Oc2ccccc2)cc1. The largest absolute Gasteiger partial charge is 0.457 e. The van der Waals surface area contributed by atoms with Crippen LogP contribution in [0.15, 0.2) is 114 Å². The molecule has 156 valence electrons. The molecule has 0 unspecified atom stereocenters. The lowest BCUT2D eigenvalue weighted by atomic mass is 10.2. The van der Waals surface area contributed by atoms with E-state index in [1.54, 1.807) is 24.3 Å². The molecular weight excluding hydrogens is 413 g/mol. The molecule has 4 aromatic rings. The van der Waals surface area contributed by atoms with Gasteiger partial charge in [-0.3, -0.25) is 4.31 Å². The van der Waals surface area contributed by atoms with Crippen molar-refractivity contribution in [2.24, 2.45) is 0 Å². The van der Waals surface area contributed by atoms with E-state index in [4.69, 9.17) is 4.74 Å². The van der Waals surface area contributed by atoms with Gasteiger partial charge >= 0.3 is 0 Å². The highest BCUT2D eigenvalue weighted by molar-refractivity contribution is 7.92. The third-order valence-electron chi connectivity index (χ3n) is 4.67. The first kappa shape index (κ1) is 20.6. The van der Waals surface area contributed by atoms with Crippen LogP contribution in [-0.2, 0) is 16.6 Å². The van der Waals surface area contributed by atoms with Crippen LogP contribution in [0, 0.1) is 5.82 Å². The summed E-state index contributed by atoms with van der Waals surface area (Å²) in [5.41, 5.74) is 1.31. The van der Waals surface area contributed by atoms with Crippen molar-refractivity contribution in [1.29, 1.82) is 0 Å². The summed E-state index contributed by atoms with van der Waals surface area (Å²) in [6.45, 7) is 0.138. The quantitative estimate of drug-likeness (QED) is 0.358. The fourth-order valence-corrected chi connectivity index (χ4v) is 4.56. The average molecular weight is 434 g/mol. The smallest absolute Gasteiger partial charge is 0.264 e. The molecule has 4 nitrogen and oxygen atoms in total. The van der Waals surface area contributed by atoms with Crippen LogP contribution in [0.1, 0.15) is 5.56 Å². The second kappa shape index (κ2) is 9.02. The zero-order chi connectivity index (χ0) is 21.7. The van der Waals surface area contributed by atoms with Gasteiger partial charge in [-0.1, -0.05) is 48.5 Å². The van der Waals surface area contributed by atoms with Crippen molar-refractivity contribution < 1.29 is 17.5 Å². The fourth-order valence-electron chi connectivity index (χ4n) is 3.10. The Labute approximate surface area is 181 Å². The van der Waals surface area contributed by atoms with Gasteiger partial charge in [0.1, 0.15) is 17.3 Å². The van der Waals surface area contributed by atoms with E-state index >= 15 is 0 Å². The van der Waals surface area contributed by atoms with Gasteiger partial charge < -0.3 is 4.74 Å². The highest BCUT2D eigenvalue weighted by Crippen LogP contribution is 2.29. The highest BCUT2D eigenvalue weighted by Gasteiger charge is 2.25. The van der Waals surface area contributed by atoms with Crippen molar-refractivity contribution in [2.75, 3.05) is 4.31 Å². The van der Waals surface area contributed by atoms with Gasteiger partial charge in [-0.05, 0) is 66.2 Å². The lowest BCUT2D eigenvalue weighted by molar-refractivity contribution is 0.482. The molecule has 0 aromatic heterocycles. The Balaban J connectivity index is 1.68. The Morgan fingerprint density at radius 3 is 1.84 bits per heavy atom. The van der Waals surface area contributed by atoms with Gasteiger partial charge in [0.15, 0.2) is 0 Å². The molecule has 0 radical (unpaired) electrons. The van der Waals surface area contributed by atoms with E-state index in [2.05, 4.69) is 0 Å². The van der Waals surface area contributed by atoms with Crippen LogP contribution < -0.4 is 9.04 Å². The number of rotatable bonds is 7. The first-order chi connectivity index (χ1) is 15.0. The van der Waals surface area contributed by atoms with E-state index in [0.717, 1.165) is 17.7 Å². The third kappa shape index (κ3) is 4.92. The van der Waals surface area contributed by atoms with Crippen molar-refractivity contribution >= 4 is 15.7 Å². The molecule has 4 rings (SSSR count). The maximum Gasteiger partial charge on any atom is 0.264 e. The second-order valence-corrected chi connectivity index (χ2v) is 8.72. The number of hydrogen-bond donors (Lipinski definition) is 0. The fraction of sp³-hybridized carbons (Fsp3) is 0.0400. The maximum absolute atomic E-state index is 13.4. The van der Waals surface area contributed by atoms with Crippen molar-refractivity contribution in [1.82, 2.24) is 0 Å². The minimum absolute atomic E-state index is 0.0226. The summed E-state index contributed by atoms with van der Waals surface area (Å²) in [6.07, 6.45) is 0. The number of anilines is 1. The van der Waals surface area contributed by atoms with E-state index in [0.29, 0.717) is 17.2 Å². The van der Waals surface area contributed by atoms with E-state index in [1.165, 1.54) is 16.4 Å². The number of para-hydroxylation sites is 1. The molecule has 0 spiro atoms. The van der Waals surface area contributed by atoms with Gasteiger partial charge in [-0.2, -0.15) is 0 Å². The number of halogens is 1. The minimum Gasteiger partial charge on any atom is -0.457 e. The number of sulfonamides is 1. The molecule has 0 saturated carbocycles.